The van der Waals surface area contributed by atoms with Gasteiger partial charge in [-0.25, -0.2) is 0 Å². The second-order valence-electron chi connectivity index (χ2n) is 9.60. The van der Waals surface area contributed by atoms with Crippen LogP contribution < -0.4 is 4.74 Å². The Kier molecular flexibility index (Phi) is 6.13. The van der Waals surface area contributed by atoms with E-state index in [0.29, 0.717) is 12.1 Å². The van der Waals surface area contributed by atoms with E-state index in [0.717, 1.165) is 5.75 Å². The van der Waals surface area contributed by atoms with Gasteiger partial charge in [0.05, 0.1) is 24.9 Å². The molecule has 3 atom stereocenters. The first-order chi connectivity index (χ1) is 15.3. The van der Waals surface area contributed by atoms with Crippen molar-refractivity contribution in [3.05, 3.63) is 65.7 Å². The summed E-state index contributed by atoms with van der Waals surface area (Å²) in [5.41, 5.74) is 4.00. The number of ether oxygens (including phenoxy) is 1. The van der Waals surface area contributed by atoms with Gasteiger partial charge in [-0.2, -0.15) is 0 Å². The standard InChI is InChI=1S/C28H36N2O/c1-31-24-18-16-23(17-19-24)26-27-25(22-14-10-9-11-15-22)29-28(30(26)27)20-12-7-5-3-2-4-6-8-13-21-28/h9-11,14-19,26-27H,2-8,12-13,20-21H2,1H3/t26-,27+,30?/m1/s1. The fourth-order valence-electron chi connectivity index (χ4n) is 5.92. The van der Waals surface area contributed by atoms with E-state index in [1.807, 2.05) is 0 Å². The molecule has 3 heteroatoms. The van der Waals surface area contributed by atoms with E-state index in [1.54, 1.807) is 7.11 Å². The predicted octanol–water partition coefficient (Wildman–Crippen LogP) is 6.92. The van der Waals surface area contributed by atoms with Gasteiger partial charge in [0, 0.05) is 0 Å². The lowest BCUT2D eigenvalue weighted by atomic mass is 9.92. The molecule has 2 aliphatic heterocycles. The lowest BCUT2D eigenvalue weighted by Crippen LogP contribution is -2.34. The van der Waals surface area contributed by atoms with Crippen molar-refractivity contribution in [2.24, 2.45) is 4.99 Å². The van der Waals surface area contributed by atoms with Crippen molar-refractivity contribution < 1.29 is 4.74 Å². The Morgan fingerprint density at radius 1 is 0.742 bits per heavy atom. The van der Waals surface area contributed by atoms with Crippen LogP contribution in [0.15, 0.2) is 59.6 Å². The summed E-state index contributed by atoms with van der Waals surface area (Å²) in [6.07, 6.45) is 14.7. The average Bonchev–Trinajstić information content (AvgIpc) is 3.47. The molecule has 0 amide bonds. The van der Waals surface area contributed by atoms with Crippen LogP contribution in [-0.4, -0.2) is 29.4 Å². The Morgan fingerprint density at radius 3 is 1.90 bits per heavy atom. The Morgan fingerprint density at radius 2 is 1.32 bits per heavy atom. The van der Waals surface area contributed by atoms with Crippen LogP contribution in [-0.2, 0) is 0 Å². The monoisotopic (exact) mass is 416 g/mol. The fourth-order valence-corrected chi connectivity index (χ4v) is 5.92. The van der Waals surface area contributed by atoms with Crippen molar-refractivity contribution in [2.45, 2.75) is 88.4 Å². The molecule has 2 aromatic rings. The van der Waals surface area contributed by atoms with Gasteiger partial charge in [-0.1, -0.05) is 87.4 Å². The summed E-state index contributed by atoms with van der Waals surface area (Å²) >= 11 is 0. The highest BCUT2D eigenvalue weighted by Crippen LogP contribution is 2.58. The van der Waals surface area contributed by atoms with Crippen molar-refractivity contribution in [2.75, 3.05) is 7.11 Å². The third-order valence-electron chi connectivity index (χ3n) is 7.58. The summed E-state index contributed by atoms with van der Waals surface area (Å²) in [5.74, 6) is 0.933. The molecule has 1 unspecified atom stereocenters. The molecule has 3 nitrogen and oxygen atoms in total. The molecule has 2 fully saturated rings. The van der Waals surface area contributed by atoms with E-state index >= 15 is 0 Å². The third kappa shape index (κ3) is 4.17. The van der Waals surface area contributed by atoms with E-state index < -0.39 is 0 Å². The molecular weight excluding hydrogens is 380 g/mol. The van der Waals surface area contributed by atoms with Crippen LogP contribution in [0.1, 0.15) is 87.8 Å². The third-order valence-corrected chi connectivity index (χ3v) is 7.58. The first kappa shape index (κ1) is 20.8. The fraction of sp³-hybridized carbons (Fsp3) is 0.536. The van der Waals surface area contributed by atoms with Crippen LogP contribution in [0.5, 0.6) is 5.75 Å². The molecular formula is C28H36N2O. The molecule has 31 heavy (non-hydrogen) atoms. The summed E-state index contributed by atoms with van der Waals surface area (Å²) in [7, 11) is 1.74. The quantitative estimate of drug-likeness (QED) is 0.507. The van der Waals surface area contributed by atoms with Crippen molar-refractivity contribution in [3.63, 3.8) is 0 Å². The number of rotatable bonds is 3. The summed E-state index contributed by atoms with van der Waals surface area (Å²) in [6, 6.07) is 20.5. The highest BCUT2D eigenvalue weighted by atomic mass is 16.5. The lowest BCUT2D eigenvalue weighted by molar-refractivity contribution is 0.182. The maximum absolute atomic E-state index is 5.54. The maximum Gasteiger partial charge on any atom is 0.118 e. The van der Waals surface area contributed by atoms with Gasteiger partial charge in [-0.15, -0.1) is 0 Å². The number of nitrogens with zero attached hydrogens (tertiary/aromatic N) is 2. The maximum atomic E-state index is 5.54. The van der Waals surface area contributed by atoms with Gasteiger partial charge >= 0.3 is 0 Å². The molecule has 0 bridgehead atoms. The number of fused-ring (bicyclic) bond motifs is 2. The van der Waals surface area contributed by atoms with Crippen LogP contribution >= 0.6 is 0 Å². The Labute approximate surface area is 187 Å². The Hall–Kier alpha value is -2.13. The zero-order chi connectivity index (χ0) is 21.1. The highest BCUT2D eigenvalue weighted by molar-refractivity contribution is 6.08. The van der Waals surface area contributed by atoms with Crippen LogP contribution in [0, 0.1) is 0 Å². The van der Waals surface area contributed by atoms with Gasteiger partial charge in [0.15, 0.2) is 0 Å². The Balaban J connectivity index is 1.47. The minimum atomic E-state index is -0.0143. The SMILES string of the molecule is COc1ccc([C@@H]2[C@@H]3C(c4ccccc4)=NC4(CCCCCCCCCCC4)N23)cc1. The zero-order valence-corrected chi connectivity index (χ0v) is 18.9. The normalized spacial score (nSPS) is 28.2. The van der Waals surface area contributed by atoms with Crippen LogP contribution in [0.25, 0.3) is 0 Å². The molecule has 1 saturated heterocycles. The van der Waals surface area contributed by atoms with Crippen molar-refractivity contribution >= 4 is 5.71 Å². The molecule has 1 aliphatic carbocycles. The molecule has 1 spiro atoms. The van der Waals surface area contributed by atoms with Gasteiger partial charge in [0.25, 0.3) is 0 Å². The minimum absolute atomic E-state index is 0.0143. The molecule has 0 N–H and O–H groups in total. The first-order valence-electron chi connectivity index (χ1n) is 12.4. The predicted molar refractivity (Wildman–Crippen MR) is 128 cm³/mol. The van der Waals surface area contributed by atoms with Crippen molar-refractivity contribution in [1.82, 2.24) is 4.90 Å². The number of benzene rings is 2. The second kappa shape index (κ2) is 9.16. The average molecular weight is 417 g/mol. The smallest absolute Gasteiger partial charge is 0.118 e. The summed E-state index contributed by atoms with van der Waals surface area (Å²) in [5, 5.41) is 0. The molecule has 2 heterocycles. The topological polar surface area (TPSA) is 24.6 Å². The summed E-state index contributed by atoms with van der Waals surface area (Å²) < 4.78 is 5.40. The number of hydrogen-bond donors (Lipinski definition) is 0. The molecule has 164 valence electrons. The van der Waals surface area contributed by atoms with Gasteiger partial charge < -0.3 is 4.74 Å². The van der Waals surface area contributed by atoms with E-state index in [4.69, 9.17) is 9.73 Å². The van der Waals surface area contributed by atoms with E-state index in [9.17, 15) is 0 Å². The van der Waals surface area contributed by atoms with E-state index in [-0.39, 0.29) is 5.66 Å². The number of hydrogen-bond acceptors (Lipinski definition) is 3. The van der Waals surface area contributed by atoms with E-state index in [2.05, 4.69) is 59.5 Å². The zero-order valence-electron chi connectivity index (χ0n) is 18.9. The second-order valence-corrected chi connectivity index (χ2v) is 9.60. The summed E-state index contributed by atoms with van der Waals surface area (Å²) in [4.78, 5) is 8.29. The van der Waals surface area contributed by atoms with E-state index in [1.165, 1.54) is 87.5 Å². The lowest BCUT2D eigenvalue weighted by Gasteiger charge is -2.31. The molecule has 0 aromatic heterocycles. The summed E-state index contributed by atoms with van der Waals surface area (Å²) in [6.45, 7) is 0. The van der Waals surface area contributed by atoms with Crippen molar-refractivity contribution in [1.29, 1.82) is 0 Å². The minimum Gasteiger partial charge on any atom is -0.497 e. The first-order valence-corrected chi connectivity index (χ1v) is 12.4. The number of methoxy groups -OCH3 is 1. The largest absolute Gasteiger partial charge is 0.497 e. The molecule has 3 aliphatic rings. The van der Waals surface area contributed by atoms with Gasteiger partial charge in [-0.3, -0.25) is 9.89 Å². The number of aliphatic imine (C=N–C) groups is 1. The van der Waals surface area contributed by atoms with Crippen LogP contribution in [0.3, 0.4) is 0 Å². The van der Waals surface area contributed by atoms with Crippen molar-refractivity contribution in [3.8, 4) is 5.75 Å². The highest BCUT2D eigenvalue weighted by Gasteiger charge is 2.64. The molecule has 0 radical (unpaired) electrons. The van der Waals surface area contributed by atoms with Gasteiger partial charge in [0.2, 0.25) is 0 Å². The molecule has 2 aromatic carbocycles. The van der Waals surface area contributed by atoms with Crippen LogP contribution in [0.4, 0.5) is 0 Å². The Bertz CT molecular complexity index is 877. The molecule has 1 saturated carbocycles. The van der Waals surface area contributed by atoms with Crippen LogP contribution in [0.2, 0.25) is 0 Å². The molecule has 5 rings (SSSR count). The van der Waals surface area contributed by atoms with Gasteiger partial charge in [-0.05, 0) is 48.9 Å². The van der Waals surface area contributed by atoms with Gasteiger partial charge in [0.1, 0.15) is 11.4 Å².